The Morgan fingerprint density at radius 3 is 2.60 bits per heavy atom. The van der Waals surface area contributed by atoms with Crippen LogP contribution in [0.2, 0.25) is 0 Å². The highest BCUT2D eigenvalue weighted by Crippen LogP contribution is 2.21. The van der Waals surface area contributed by atoms with Crippen molar-refractivity contribution in [3.8, 4) is 11.3 Å². The third kappa shape index (κ3) is 5.10. The lowest BCUT2D eigenvalue weighted by atomic mass is 10.1. The molecule has 1 fully saturated rings. The van der Waals surface area contributed by atoms with Crippen LogP contribution in [-0.2, 0) is 11.2 Å². The summed E-state index contributed by atoms with van der Waals surface area (Å²) in [7, 11) is 0.276. The van der Waals surface area contributed by atoms with Crippen molar-refractivity contribution < 1.29 is 9.18 Å². The fraction of sp³-hybridized carbons (Fsp3) is 0.217. The molecule has 1 amide bonds. The van der Waals surface area contributed by atoms with Crippen molar-refractivity contribution in [3.05, 3.63) is 72.3 Å². The first-order valence-electron chi connectivity index (χ1n) is 9.76. The molecule has 154 valence electrons. The van der Waals surface area contributed by atoms with Gasteiger partial charge in [-0.15, -0.1) is 0 Å². The Kier molecular flexibility index (Phi) is 6.18. The maximum atomic E-state index is 13.4. The highest BCUT2D eigenvalue weighted by atomic mass is 32.2. The lowest BCUT2D eigenvalue weighted by molar-refractivity contribution is -0.115. The summed E-state index contributed by atoms with van der Waals surface area (Å²) < 4.78 is 13.4. The Balaban J connectivity index is 1.33. The molecule has 0 saturated carbocycles. The second kappa shape index (κ2) is 9.17. The number of carbonyl (C=O) groups excluding carboxylic acids is 1. The molecule has 0 radical (unpaired) electrons. The van der Waals surface area contributed by atoms with Gasteiger partial charge in [-0.25, -0.2) is 9.37 Å². The quantitative estimate of drug-likeness (QED) is 0.632. The molecule has 1 aromatic carbocycles. The van der Waals surface area contributed by atoms with Crippen molar-refractivity contribution in [2.24, 2.45) is 0 Å². The van der Waals surface area contributed by atoms with Crippen LogP contribution in [0.15, 0.2) is 60.9 Å². The van der Waals surface area contributed by atoms with E-state index in [0.717, 1.165) is 36.0 Å². The molecular formula is C23H23FN4OS. The Hall–Kier alpha value is -3.06. The summed E-state index contributed by atoms with van der Waals surface area (Å²) in [4.78, 5) is 23.5. The number of anilines is 2. The van der Waals surface area contributed by atoms with Crippen LogP contribution in [0, 0.1) is 5.82 Å². The minimum Gasteiger partial charge on any atom is -0.355 e. The van der Waals surface area contributed by atoms with E-state index in [1.54, 1.807) is 36.7 Å². The van der Waals surface area contributed by atoms with Crippen molar-refractivity contribution >= 4 is 33.8 Å². The molecule has 0 aliphatic carbocycles. The number of nitrogens with zero attached hydrogens (tertiary/aromatic N) is 3. The smallest absolute Gasteiger partial charge is 0.228 e. The standard InChI is InChI=1S/C23H23FN4OS/c1-30-11-9-28(10-12-30)22-8-5-17(15-26-22)13-23(29)27-20-6-7-21(25-16-20)18-3-2-4-19(24)14-18/h2-8,14-16H,1,9-13H2,(H,27,29). The lowest BCUT2D eigenvalue weighted by Crippen LogP contribution is -2.34. The highest BCUT2D eigenvalue weighted by molar-refractivity contribution is 8.14. The van der Waals surface area contributed by atoms with Crippen LogP contribution in [-0.4, -0.2) is 46.3 Å². The van der Waals surface area contributed by atoms with Gasteiger partial charge in [0.15, 0.2) is 0 Å². The number of hydrogen-bond donors (Lipinski definition) is 1. The van der Waals surface area contributed by atoms with Gasteiger partial charge in [-0.1, -0.05) is 24.1 Å². The fourth-order valence-corrected chi connectivity index (χ4v) is 4.47. The first-order chi connectivity index (χ1) is 14.6. The summed E-state index contributed by atoms with van der Waals surface area (Å²) >= 11 is 0. The first-order valence-corrected chi connectivity index (χ1v) is 11.5. The van der Waals surface area contributed by atoms with E-state index >= 15 is 0 Å². The summed E-state index contributed by atoms with van der Waals surface area (Å²) in [5, 5.41) is 2.84. The first kappa shape index (κ1) is 20.2. The molecular weight excluding hydrogens is 399 g/mol. The largest absolute Gasteiger partial charge is 0.355 e. The second-order valence-corrected chi connectivity index (χ2v) is 9.24. The normalized spacial score (nSPS) is 14.5. The zero-order valence-electron chi connectivity index (χ0n) is 16.6. The van der Waals surface area contributed by atoms with Gasteiger partial charge in [0.1, 0.15) is 11.6 Å². The Morgan fingerprint density at radius 1 is 1.10 bits per heavy atom. The Labute approximate surface area is 177 Å². The third-order valence-corrected chi connectivity index (χ3v) is 6.49. The summed E-state index contributed by atoms with van der Waals surface area (Å²) in [5.74, 6) is 6.87. The number of amides is 1. The van der Waals surface area contributed by atoms with E-state index in [1.165, 1.54) is 12.1 Å². The summed E-state index contributed by atoms with van der Waals surface area (Å²) in [6, 6.07) is 13.7. The molecule has 0 atom stereocenters. The van der Waals surface area contributed by atoms with Crippen LogP contribution >= 0.6 is 10.5 Å². The van der Waals surface area contributed by atoms with E-state index in [4.69, 9.17) is 0 Å². The van der Waals surface area contributed by atoms with Crippen molar-refractivity contribution in [1.82, 2.24) is 9.97 Å². The number of pyridine rings is 2. The van der Waals surface area contributed by atoms with E-state index in [-0.39, 0.29) is 28.6 Å². The fourth-order valence-electron chi connectivity index (χ4n) is 3.31. The van der Waals surface area contributed by atoms with Gasteiger partial charge in [0.2, 0.25) is 5.91 Å². The van der Waals surface area contributed by atoms with Gasteiger partial charge in [-0.3, -0.25) is 9.78 Å². The molecule has 3 heterocycles. The van der Waals surface area contributed by atoms with Crippen molar-refractivity contribution in [2.75, 3.05) is 34.8 Å². The number of nitrogens with one attached hydrogen (secondary N) is 1. The van der Waals surface area contributed by atoms with Gasteiger partial charge < -0.3 is 10.2 Å². The minimum atomic E-state index is -0.307. The van der Waals surface area contributed by atoms with Gasteiger partial charge in [-0.05, 0) is 35.9 Å². The SMILES string of the molecule is C=S1CCN(c2ccc(CC(=O)Nc3ccc(-c4cccc(F)c4)nc3)cn2)CC1. The van der Waals surface area contributed by atoms with Gasteiger partial charge in [0, 0.05) is 36.4 Å². The molecule has 0 unspecified atom stereocenters. The van der Waals surface area contributed by atoms with E-state index < -0.39 is 0 Å². The highest BCUT2D eigenvalue weighted by Gasteiger charge is 2.14. The van der Waals surface area contributed by atoms with Crippen LogP contribution in [0.4, 0.5) is 15.9 Å². The monoisotopic (exact) mass is 422 g/mol. The van der Waals surface area contributed by atoms with Crippen LogP contribution in [0.3, 0.4) is 0 Å². The zero-order valence-corrected chi connectivity index (χ0v) is 17.4. The van der Waals surface area contributed by atoms with E-state index in [9.17, 15) is 9.18 Å². The van der Waals surface area contributed by atoms with Gasteiger partial charge in [0.05, 0.1) is 24.0 Å². The molecule has 1 N–H and O–H groups in total. The van der Waals surface area contributed by atoms with Gasteiger partial charge >= 0.3 is 0 Å². The molecule has 1 aliphatic rings. The van der Waals surface area contributed by atoms with Crippen molar-refractivity contribution in [2.45, 2.75) is 6.42 Å². The van der Waals surface area contributed by atoms with E-state index in [0.29, 0.717) is 16.9 Å². The molecule has 3 aromatic rings. The van der Waals surface area contributed by atoms with E-state index in [1.807, 2.05) is 12.1 Å². The number of aromatic nitrogens is 2. The molecule has 0 bridgehead atoms. The molecule has 0 spiro atoms. The van der Waals surface area contributed by atoms with Crippen molar-refractivity contribution in [1.29, 1.82) is 0 Å². The molecule has 1 aliphatic heterocycles. The van der Waals surface area contributed by atoms with Crippen LogP contribution in [0.1, 0.15) is 5.56 Å². The Morgan fingerprint density at radius 2 is 1.93 bits per heavy atom. The summed E-state index contributed by atoms with van der Waals surface area (Å²) in [6.07, 6.45) is 3.58. The predicted molar refractivity (Wildman–Crippen MR) is 123 cm³/mol. The topological polar surface area (TPSA) is 58.1 Å². The lowest BCUT2D eigenvalue weighted by Gasteiger charge is -2.29. The molecule has 2 aromatic heterocycles. The Bertz CT molecular complexity index is 1040. The van der Waals surface area contributed by atoms with Gasteiger partial charge in [0.25, 0.3) is 0 Å². The molecule has 4 rings (SSSR count). The molecule has 7 heteroatoms. The van der Waals surface area contributed by atoms with Crippen LogP contribution < -0.4 is 10.2 Å². The summed E-state index contributed by atoms with van der Waals surface area (Å²) in [5.41, 5.74) is 2.80. The number of benzene rings is 1. The number of carbonyl (C=O) groups is 1. The molecule has 30 heavy (non-hydrogen) atoms. The maximum absolute atomic E-state index is 13.4. The van der Waals surface area contributed by atoms with Gasteiger partial charge in [-0.2, -0.15) is 10.5 Å². The number of halogens is 1. The maximum Gasteiger partial charge on any atom is 0.228 e. The minimum absolute atomic E-state index is 0.135. The average molecular weight is 423 g/mol. The number of rotatable bonds is 5. The predicted octanol–water partition coefficient (Wildman–Crippen LogP) is 3.98. The van der Waals surface area contributed by atoms with Crippen LogP contribution in [0.25, 0.3) is 11.3 Å². The van der Waals surface area contributed by atoms with Crippen LogP contribution in [0.5, 0.6) is 0 Å². The van der Waals surface area contributed by atoms with Crippen molar-refractivity contribution in [3.63, 3.8) is 0 Å². The average Bonchev–Trinajstić information content (AvgIpc) is 2.75. The third-order valence-electron chi connectivity index (χ3n) is 4.97. The summed E-state index contributed by atoms with van der Waals surface area (Å²) in [6.45, 7) is 1.97. The second-order valence-electron chi connectivity index (χ2n) is 7.20. The zero-order chi connectivity index (χ0) is 20.9. The number of hydrogen-bond acceptors (Lipinski definition) is 4. The molecule has 5 nitrogen and oxygen atoms in total. The molecule has 1 saturated heterocycles. The van der Waals surface area contributed by atoms with E-state index in [2.05, 4.69) is 26.1 Å².